The molecule has 5 nitrogen and oxygen atoms in total. The van der Waals surface area contributed by atoms with Crippen LogP contribution in [0.2, 0.25) is 0 Å². The third kappa shape index (κ3) is 4.37. The van der Waals surface area contributed by atoms with Crippen molar-refractivity contribution in [2.45, 2.75) is 32.3 Å². The highest BCUT2D eigenvalue weighted by Gasteiger charge is 2.21. The number of likely N-dealkylation sites (tertiary alicyclic amines) is 1. The molecule has 0 radical (unpaired) electrons. The van der Waals surface area contributed by atoms with Crippen molar-refractivity contribution in [3.63, 3.8) is 0 Å². The Morgan fingerprint density at radius 1 is 1.24 bits per heavy atom. The lowest BCUT2D eigenvalue weighted by Gasteiger charge is -2.27. The molecule has 25 heavy (non-hydrogen) atoms. The van der Waals surface area contributed by atoms with E-state index >= 15 is 0 Å². The first-order valence-electron chi connectivity index (χ1n) is 8.88. The van der Waals surface area contributed by atoms with Crippen LogP contribution in [-0.4, -0.2) is 40.5 Å². The fraction of sp³-hybridized carbons (Fsp3) is 0.400. The Bertz CT molecular complexity index is 726. The van der Waals surface area contributed by atoms with Crippen molar-refractivity contribution in [2.75, 3.05) is 25.0 Å². The van der Waals surface area contributed by atoms with Gasteiger partial charge in [-0.1, -0.05) is 29.8 Å². The lowest BCUT2D eigenvalue weighted by atomic mass is 10.1. The Morgan fingerprint density at radius 2 is 2.04 bits per heavy atom. The minimum Gasteiger partial charge on any atom is -0.387 e. The lowest BCUT2D eigenvalue weighted by molar-refractivity contribution is 0.0724. The van der Waals surface area contributed by atoms with E-state index in [0.717, 1.165) is 37.1 Å². The van der Waals surface area contributed by atoms with E-state index in [1.54, 1.807) is 18.3 Å². The van der Waals surface area contributed by atoms with Crippen molar-refractivity contribution in [1.82, 2.24) is 9.88 Å². The van der Waals surface area contributed by atoms with E-state index in [0.29, 0.717) is 17.9 Å². The van der Waals surface area contributed by atoms with Gasteiger partial charge in [-0.15, -0.1) is 0 Å². The molecule has 1 aliphatic rings. The number of nitrogens with one attached hydrogen (secondary N) is 1. The van der Waals surface area contributed by atoms with Crippen LogP contribution in [0.5, 0.6) is 0 Å². The van der Waals surface area contributed by atoms with Gasteiger partial charge in [0.1, 0.15) is 5.82 Å². The number of pyridine rings is 1. The Morgan fingerprint density at radius 3 is 2.80 bits per heavy atom. The molecule has 1 saturated heterocycles. The minimum atomic E-state index is -0.653. The summed E-state index contributed by atoms with van der Waals surface area (Å²) in [5.74, 6) is 0.546. The molecule has 1 unspecified atom stereocenters. The number of carbonyl (C=O) groups excluding carboxylic acids is 1. The molecule has 1 atom stereocenters. The van der Waals surface area contributed by atoms with Gasteiger partial charge in [-0.3, -0.25) is 4.79 Å². The van der Waals surface area contributed by atoms with E-state index < -0.39 is 6.10 Å². The third-order valence-electron chi connectivity index (χ3n) is 4.57. The summed E-state index contributed by atoms with van der Waals surface area (Å²) in [6, 6.07) is 11.4. The molecule has 1 fully saturated rings. The smallest absolute Gasteiger partial charge is 0.257 e. The molecule has 2 N–H and O–H groups in total. The maximum atomic E-state index is 12.8. The first kappa shape index (κ1) is 17.4. The molecule has 1 aromatic heterocycles. The van der Waals surface area contributed by atoms with Crippen LogP contribution in [0.3, 0.4) is 0 Å². The van der Waals surface area contributed by atoms with Gasteiger partial charge in [-0.2, -0.15) is 0 Å². The maximum Gasteiger partial charge on any atom is 0.257 e. The maximum absolute atomic E-state index is 12.8. The number of benzene rings is 1. The van der Waals surface area contributed by atoms with Crippen LogP contribution in [0.25, 0.3) is 0 Å². The Kier molecular flexibility index (Phi) is 5.66. The average Bonchev–Trinajstić information content (AvgIpc) is 2.66. The van der Waals surface area contributed by atoms with Gasteiger partial charge in [0.25, 0.3) is 5.91 Å². The second-order valence-electron chi connectivity index (χ2n) is 6.56. The van der Waals surface area contributed by atoms with Crippen LogP contribution in [0.15, 0.2) is 42.6 Å². The van der Waals surface area contributed by atoms with Crippen LogP contribution >= 0.6 is 0 Å². The van der Waals surface area contributed by atoms with Gasteiger partial charge in [0.2, 0.25) is 0 Å². The number of aryl methyl sites for hydroxylation is 1. The number of hydrogen-bond donors (Lipinski definition) is 2. The number of nitrogens with zero attached hydrogens (tertiary/aromatic N) is 2. The Labute approximate surface area is 148 Å². The number of hydrogen-bond acceptors (Lipinski definition) is 4. The molecule has 5 heteroatoms. The van der Waals surface area contributed by atoms with Crippen molar-refractivity contribution in [3.8, 4) is 0 Å². The number of carbonyl (C=O) groups is 1. The quantitative estimate of drug-likeness (QED) is 0.878. The van der Waals surface area contributed by atoms with Crippen LogP contribution in [0.4, 0.5) is 5.82 Å². The van der Waals surface area contributed by atoms with Crippen LogP contribution in [-0.2, 0) is 0 Å². The molecule has 2 aromatic rings. The van der Waals surface area contributed by atoms with Crippen molar-refractivity contribution < 1.29 is 9.90 Å². The SMILES string of the molecule is Cc1cccc(C(O)CNc2ncccc2C(=O)N2CCCCC2)c1. The van der Waals surface area contributed by atoms with Gasteiger partial charge in [0.05, 0.1) is 11.7 Å². The van der Waals surface area contributed by atoms with Gasteiger partial charge >= 0.3 is 0 Å². The van der Waals surface area contributed by atoms with E-state index in [-0.39, 0.29) is 5.91 Å². The van der Waals surface area contributed by atoms with Crippen molar-refractivity contribution in [2.24, 2.45) is 0 Å². The lowest BCUT2D eigenvalue weighted by Crippen LogP contribution is -2.36. The van der Waals surface area contributed by atoms with Crippen molar-refractivity contribution >= 4 is 11.7 Å². The zero-order valence-electron chi connectivity index (χ0n) is 14.6. The molecular weight excluding hydrogens is 314 g/mol. The number of amides is 1. The molecule has 0 aliphatic carbocycles. The number of piperidine rings is 1. The van der Waals surface area contributed by atoms with E-state index in [1.165, 1.54) is 6.42 Å². The van der Waals surface area contributed by atoms with E-state index in [9.17, 15) is 9.90 Å². The summed E-state index contributed by atoms with van der Waals surface area (Å²) in [5, 5.41) is 13.5. The zero-order chi connectivity index (χ0) is 17.6. The predicted molar refractivity (Wildman–Crippen MR) is 98.6 cm³/mol. The molecule has 2 heterocycles. The number of aliphatic hydroxyl groups is 1. The van der Waals surface area contributed by atoms with Gasteiger partial charge in [0.15, 0.2) is 0 Å². The monoisotopic (exact) mass is 339 g/mol. The predicted octanol–water partition coefficient (Wildman–Crippen LogP) is 3.16. The van der Waals surface area contributed by atoms with Crippen molar-refractivity contribution in [3.05, 3.63) is 59.3 Å². The Hall–Kier alpha value is -2.40. The van der Waals surface area contributed by atoms with Gasteiger partial charge in [-0.05, 0) is 43.9 Å². The summed E-state index contributed by atoms with van der Waals surface area (Å²) in [6.07, 6.45) is 4.31. The van der Waals surface area contributed by atoms with Gasteiger partial charge in [-0.25, -0.2) is 4.98 Å². The van der Waals surface area contributed by atoms with Crippen LogP contribution < -0.4 is 5.32 Å². The largest absolute Gasteiger partial charge is 0.387 e. The molecule has 1 amide bonds. The molecule has 0 spiro atoms. The highest BCUT2D eigenvalue weighted by molar-refractivity contribution is 5.98. The minimum absolute atomic E-state index is 0.0142. The first-order chi connectivity index (χ1) is 12.1. The number of aliphatic hydroxyl groups excluding tert-OH is 1. The molecule has 132 valence electrons. The second kappa shape index (κ2) is 8.12. The first-order valence-corrected chi connectivity index (χ1v) is 8.88. The van der Waals surface area contributed by atoms with Gasteiger partial charge < -0.3 is 15.3 Å². The van der Waals surface area contributed by atoms with Crippen LogP contribution in [0, 0.1) is 6.92 Å². The summed E-state index contributed by atoms with van der Waals surface area (Å²) in [4.78, 5) is 19.0. The fourth-order valence-corrected chi connectivity index (χ4v) is 3.17. The van der Waals surface area contributed by atoms with Crippen molar-refractivity contribution in [1.29, 1.82) is 0 Å². The Balaban J connectivity index is 1.69. The fourth-order valence-electron chi connectivity index (χ4n) is 3.17. The van der Waals surface area contributed by atoms with Gasteiger partial charge in [0, 0.05) is 25.8 Å². The topological polar surface area (TPSA) is 65.5 Å². The van der Waals surface area contributed by atoms with E-state index in [1.807, 2.05) is 36.1 Å². The molecule has 1 aliphatic heterocycles. The molecule has 3 rings (SSSR count). The number of aromatic nitrogens is 1. The summed E-state index contributed by atoms with van der Waals surface area (Å²) in [7, 11) is 0. The van der Waals surface area contributed by atoms with E-state index in [4.69, 9.17) is 0 Å². The summed E-state index contributed by atoms with van der Waals surface area (Å²) < 4.78 is 0. The summed E-state index contributed by atoms with van der Waals surface area (Å²) in [6.45, 7) is 3.91. The summed E-state index contributed by atoms with van der Waals surface area (Å²) in [5.41, 5.74) is 2.53. The normalized spacial score (nSPS) is 15.7. The highest BCUT2D eigenvalue weighted by atomic mass is 16.3. The molecular formula is C20H25N3O2. The number of rotatable bonds is 5. The van der Waals surface area contributed by atoms with Crippen LogP contribution in [0.1, 0.15) is 46.9 Å². The molecule has 0 bridgehead atoms. The highest BCUT2D eigenvalue weighted by Crippen LogP contribution is 2.20. The standard InChI is InChI=1S/C20H25N3O2/c1-15-7-5-8-16(13-15)18(24)14-22-19-17(9-6-10-21-19)20(25)23-11-3-2-4-12-23/h5-10,13,18,24H,2-4,11-12,14H2,1H3,(H,21,22). The third-order valence-corrected chi connectivity index (χ3v) is 4.57. The average molecular weight is 339 g/mol. The molecule has 0 saturated carbocycles. The number of anilines is 1. The zero-order valence-corrected chi connectivity index (χ0v) is 14.6. The van der Waals surface area contributed by atoms with E-state index in [2.05, 4.69) is 10.3 Å². The summed E-state index contributed by atoms with van der Waals surface area (Å²) >= 11 is 0. The molecule has 1 aromatic carbocycles. The second-order valence-corrected chi connectivity index (χ2v) is 6.56.